The van der Waals surface area contributed by atoms with Crippen molar-refractivity contribution in [2.24, 2.45) is 5.92 Å². The van der Waals surface area contributed by atoms with Gasteiger partial charge in [-0.3, -0.25) is 14.5 Å². The zero-order valence-electron chi connectivity index (χ0n) is 12.7. The van der Waals surface area contributed by atoms with E-state index in [0.29, 0.717) is 12.5 Å². The summed E-state index contributed by atoms with van der Waals surface area (Å²) < 4.78 is 26.1. The van der Waals surface area contributed by atoms with Crippen LogP contribution in [0.5, 0.6) is 0 Å². The summed E-state index contributed by atoms with van der Waals surface area (Å²) in [5.41, 5.74) is -0.0849. The van der Waals surface area contributed by atoms with Crippen LogP contribution in [0.4, 0.5) is 19.3 Å². The predicted octanol–water partition coefficient (Wildman–Crippen LogP) is 1.87. The Balaban J connectivity index is 1.99. The van der Waals surface area contributed by atoms with E-state index in [2.05, 4.69) is 10.6 Å². The van der Waals surface area contributed by atoms with E-state index >= 15 is 0 Å². The summed E-state index contributed by atoms with van der Waals surface area (Å²) in [6.45, 7) is 3.30. The average Bonchev–Trinajstić information content (AvgIpc) is 2.64. The largest absolute Gasteiger partial charge is 0.326 e. The van der Waals surface area contributed by atoms with Gasteiger partial charge in [0.1, 0.15) is 24.2 Å². The van der Waals surface area contributed by atoms with Crippen LogP contribution in [0.25, 0.3) is 0 Å². The van der Waals surface area contributed by atoms with Crippen molar-refractivity contribution in [3.8, 4) is 0 Å². The molecule has 23 heavy (non-hydrogen) atoms. The van der Waals surface area contributed by atoms with Gasteiger partial charge >= 0.3 is 6.03 Å². The van der Waals surface area contributed by atoms with E-state index in [1.807, 2.05) is 13.8 Å². The first kappa shape index (κ1) is 16.9. The predicted molar refractivity (Wildman–Crippen MR) is 78.5 cm³/mol. The van der Waals surface area contributed by atoms with Crippen LogP contribution >= 0.6 is 0 Å². The lowest BCUT2D eigenvalue weighted by molar-refractivity contribution is -0.131. The Labute approximate surface area is 131 Å². The molecule has 1 heterocycles. The van der Waals surface area contributed by atoms with Crippen molar-refractivity contribution in [2.75, 3.05) is 11.9 Å². The molecule has 8 heteroatoms. The zero-order valence-corrected chi connectivity index (χ0v) is 12.7. The molecular formula is C15H17F2N3O3. The highest BCUT2D eigenvalue weighted by atomic mass is 19.1. The van der Waals surface area contributed by atoms with E-state index in [-0.39, 0.29) is 11.6 Å². The summed E-state index contributed by atoms with van der Waals surface area (Å²) in [6, 6.07) is 1.25. The van der Waals surface area contributed by atoms with E-state index in [9.17, 15) is 23.2 Å². The SMILES string of the molecule is CC(C)CC1NC(=O)N(CC(=O)Nc2cc(F)cc(F)c2)C1=O. The molecule has 0 saturated carbocycles. The first-order valence-corrected chi connectivity index (χ1v) is 7.14. The van der Waals surface area contributed by atoms with E-state index < -0.39 is 42.1 Å². The minimum absolute atomic E-state index is 0.0849. The molecule has 1 unspecified atom stereocenters. The number of urea groups is 1. The normalized spacial score (nSPS) is 17.6. The fourth-order valence-electron chi connectivity index (χ4n) is 2.33. The minimum Gasteiger partial charge on any atom is -0.326 e. The molecule has 0 radical (unpaired) electrons. The number of hydrogen-bond acceptors (Lipinski definition) is 3. The van der Waals surface area contributed by atoms with Crippen molar-refractivity contribution < 1.29 is 23.2 Å². The fourth-order valence-corrected chi connectivity index (χ4v) is 2.33. The summed E-state index contributed by atoms with van der Waals surface area (Å²) >= 11 is 0. The summed E-state index contributed by atoms with van der Waals surface area (Å²) in [4.78, 5) is 36.5. The molecule has 0 aliphatic carbocycles. The topological polar surface area (TPSA) is 78.5 Å². The number of carbonyl (C=O) groups is 3. The third-order valence-electron chi connectivity index (χ3n) is 3.26. The van der Waals surface area contributed by atoms with Crippen LogP contribution in [-0.2, 0) is 9.59 Å². The van der Waals surface area contributed by atoms with Crippen molar-refractivity contribution in [2.45, 2.75) is 26.3 Å². The molecule has 2 rings (SSSR count). The second-order valence-corrected chi connectivity index (χ2v) is 5.76. The lowest BCUT2D eigenvalue weighted by Crippen LogP contribution is -2.38. The maximum atomic E-state index is 13.1. The van der Waals surface area contributed by atoms with Crippen LogP contribution in [0.1, 0.15) is 20.3 Å². The highest BCUT2D eigenvalue weighted by molar-refractivity contribution is 6.07. The van der Waals surface area contributed by atoms with Crippen LogP contribution in [-0.4, -0.2) is 35.3 Å². The van der Waals surface area contributed by atoms with Crippen molar-refractivity contribution in [1.82, 2.24) is 10.2 Å². The first-order valence-electron chi connectivity index (χ1n) is 7.14. The van der Waals surface area contributed by atoms with Crippen LogP contribution in [0, 0.1) is 17.6 Å². The van der Waals surface area contributed by atoms with Crippen LogP contribution in [0.15, 0.2) is 18.2 Å². The molecule has 1 aromatic rings. The smallest absolute Gasteiger partial charge is 0.325 e. The number of halogens is 2. The summed E-state index contributed by atoms with van der Waals surface area (Å²) in [5.74, 6) is -2.68. The van der Waals surface area contributed by atoms with Gasteiger partial charge in [-0.25, -0.2) is 13.6 Å². The molecule has 1 saturated heterocycles. The summed E-state index contributed by atoms with van der Waals surface area (Å²) in [5, 5.41) is 4.76. The third kappa shape index (κ3) is 4.24. The molecule has 0 bridgehead atoms. The van der Waals surface area contributed by atoms with Gasteiger partial charge in [0.25, 0.3) is 5.91 Å². The molecule has 1 aliphatic rings. The lowest BCUT2D eigenvalue weighted by atomic mass is 10.0. The van der Waals surface area contributed by atoms with Gasteiger partial charge in [-0.1, -0.05) is 13.8 Å². The molecule has 1 fully saturated rings. The van der Waals surface area contributed by atoms with Gasteiger partial charge in [0.2, 0.25) is 5.91 Å². The van der Waals surface area contributed by atoms with Gasteiger partial charge in [0.05, 0.1) is 0 Å². The van der Waals surface area contributed by atoms with Crippen LogP contribution in [0.3, 0.4) is 0 Å². The summed E-state index contributed by atoms with van der Waals surface area (Å²) in [7, 11) is 0. The molecule has 1 aromatic carbocycles. The molecule has 1 aliphatic heterocycles. The Morgan fingerprint density at radius 1 is 1.26 bits per heavy atom. The standard InChI is InChI=1S/C15H17F2N3O3/c1-8(2)3-12-14(22)20(15(23)19-12)7-13(21)18-11-5-9(16)4-10(17)6-11/h4-6,8,12H,3,7H2,1-2H3,(H,18,21)(H,19,23). The Kier molecular flexibility index (Phi) is 4.92. The number of imide groups is 1. The van der Waals surface area contributed by atoms with Crippen molar-refractivity contribution >= 4 is 23.5 Å². The number of hydrogen-bond donors (Lipinski definition) is 2. The van der Waals surface area contributed by atoms with Gasteiger partial charge in [0, 0.05) is 11.8 Å². The monoisotopic (exact) mass is 325 g/mol. The van der Waals surface area contributed by atoms with Crippen molar-refractivity contribution in [1.29, 1.82) is 0 Å². The van der Waals surface area contributed by atoms with Crippen LogP contribution < -0.4 is 10.6 Å². The third-order valence-corrected chi connectivity index (χ3v) is 3.26. The van der Waals surface area contributed by atoms with Gasteiger partial charge < -0.3 is 10.6 Å². The van der Waals surface area contributed by atoms with Crippen molar-refractivity contribution in [3.05, 3.63) is 29.8 Å². The molecule has 0 spiro atoms. The van der Waals surface area contributed by atoms with Gasteiger partial charge in [-0.15, -0.1) is 0 Å². The maximum absolute atomic E-state index is 13.1. The Bertz CT molecular complexity index is 629. The van der Waals surface area contributed by atoms with Gasteiger partial charge in [-0.05, 0) is 24.5 Å². The van der Waals surface area contributed by atoms with Gasteiger partial charge in [0.15, 0.2) is 0 Å². The van der Waals surface area contributed by atoms with E-state index in [1.54, 1.807) is 0 Å². The lowest BCUT2D eigenvalue weighted by Gasteiger charge is -2.14. The quantitative estimate of drug-likeness (QED) is 0.811. The molecule has 4 amide bonds. The highest BCUT2D eigenvalue weighted by Crippen LogP contribution is 2.15. The van der Waals surface area contributed by atoms with Gasteiger partial charge in [-0.2, -0.15) is 0 Å². The van der Waals surface area contributed by atoms with Crippen LogP contribution in [0.2, 0.25) is 0 Å². The second-order valence-electron chi connectivity index (χ2n) is 5.76. The van der Waals surface area contributed by atoms with Crippen molar-refractivity contribution in [3.63, 3.8) is 0 Å². The fraction of sp³-hybridized carbons (Fsp3) is 0.400. The Morgan fingerprint density at radius 3 is 2.43 bits per heavy atom. The number of nitrogens with zero attached hydrogens (tertiary/aromatic N) is 1. The van der Waals surface area contributed by atoms with E-state index in [1.165, 1.54) is 0 Å². The molecule has 2 N–H and O–H groups in total. The number of rotatable bonds is 5. The number of carbonyl (C=O) groups excluding carboxylic acids is 3. The summed E-state index contributed by atoms with van der Waals surface area (Å²) in [6.07, 6.45) is 0.470. The van der Waals surface area contributed by atoms with E-state index in [4.69, 9.17) is 0 Å². The first-order chi connectivity index (χ1) is 10.8. The molecule has 124 valence electrons. The number of nitrogens with one attached hydrogen (secondary N) is 2. The highest BCUT2D eigenvalue weighted by Gasteiger charge is 2.38. The minimum atomic E-state index is -0.840. The maximum Gasteiger partial charge on any atom is 0.325 e. The Hall–Kier alpha value is -2.51. The number of amides is 4. The molecule has 0 aromatic heterocycles. The average molecular weight is 325 g/mol. The molecular weight excluding hydrogens is 308 g/mol. The second kappa shape index (κ2) is 6.72. The zero-order chi connectivity index (χ0) is 17.1. The number of anilines is 1. The molecule has 1 atom stereocenters. The van der Waals surface area contributed by atoms with E-state index in [0.717, 1.165) is 17.0 Å². The number of benzene rings is 1. The molecule has 6 nitrogen and oxygen atoms in total. The Morgan fingerprint density at radius 2 is 1.87 bits per heavy atom.